The molecule has 6 rings (SSSR count). The SMILES string of the molecule is O=C(CC12C[C@H]3C[C@@H](C1)CC(c1ccccc1)(C3)C2)N1CCCC1. The molecule has 5 aliphatic rings. The van der Waals surface area contributed by atoms with E-state index in [-0.39, 0.29) is 0 Å². The minimum atomic E-state index is 0.305. The molecule has 1 amide bonds. The smallest absolute Gasteiger partial charge is 0.223 e. The lowest BCUT2D eigenvalue weighted by atomic mass is 9.42. The molecule has 24 heavy (non-hydrogen) atoms. The highest BCUT2D eigenvalue weighted by molar-refractivity contribution is 5.77. The molecule has 0 aromatic heterocycles. The van der Waals surface area contributed by atoms with E-state index in [4.69, 9.17) is 0 Å². The highest BCUT2D eigenvalue weighted by Crippen LogP contribution is 2.66. The molecule has 1 aromatic rings. The Kier molecular flexibility index (Phi) is 3.34. The summed E-state index contributed by atoms with van der Waals surface area (Å²) in [6.45, 7) is 2.01. The van der Waals surface area contributed by atoms with Gasteiger partial charge in [0.2, 0.25) is 5.91 Å². The predicted octanol–water partition coefficient (Wildman–Crippen LogP) is 4.54. The average molecular weight is 323 g/mol. The van der Waals surface area contributed by atoms with E-state index in [1.807, 2.05) is 0 Å². The Labute approximate surface area is 145 Å². The van der Waals surface area contributed by atoms with Gasteiger partial charge in [0.05, 0.1) is 0 Å². The third kappa shape index (κ3) is 2.33. The first kappa shape index (κ1) is 15.0. The molecular formula is C22H29NO. The zero-order valence-corrected chi connectivity index (χ0v) is 14.7. The van der Waals surface area contributed by atoms with Crippen LogP contribution in [0.15, 0.2) is 30.3 Å². The van der Waals surface area contributed by atoms with Gasteiger partial charge in [-0.3, -0.25) is 4.79 Å². The number of carbonyl (C=O) groups is 1. The van der Waals surface area contributed by atoms with Crippen molar-refractivity contribution in [2.45, 2.75) is 63.2 Å². The van der Waals surface area contributed by atoms with Crippen LogP contribution in [0.25, 0.3) is 0 Å². The fraction of sp³-hybridized carbons (Fsp3) is 0.682. The maximum Gasteiger partial charge on any atom is 0.223 e. The van der Waals surface area contributed by atoms with E-state index in [9.17, 15) is 4.79 Å². The molecule has 2 nitrogen and oxygen atoms in total. The van der Waals surface area contributed by atoms with Crippen molar-refractivity contribution in [3.8, 4) is 0 Å². The molecule has 5 fully saturated rings. The maximum absolute atomic E-state index is 12.9. The predicted molar refractivity (Wildman–Crippen MR) is 95.7 cm³/mol. The lowest BCUT2D eigenvalue weighted by Crippen LogP contribution is -2.55. The van der Waals surface area contributed by atoms with Crippen molar-refractivity contribution >= 4 is 5.91 Å². The van der Waals surface area contributed by atoms with Crippen LogP contribution in [0.2, 0.25) is 0 Å². The number of carbonyl (C=O) groups excluding carboxylic acids is 1. The van der Waals surface area contributed by atoms with Crippen LogP contribution >= 0.6 is 0 Å². The molecular weight excluding hydrogens is 294 g/mol. The summed E-state index contributed by atoms with van der Waals surface area (Å²) in [4.78, 5) is 15.0. The van der Waals surface area contributed by atoms with Gasteiger partial charge in [-0.25, -0.2) is 0 Å². The normalized spacial score (nSPS) is 40.2. The van der Waals surface area contributed by atoms with Gasteiger partial charge in [0.1, 0.15) is 0 Å². The molecule has 4 aliphatic carbocycles. The molecule has 4 atom stereocenters. The summed E-state index contributed by atoms with van der Waals surface area (Å²) in [5.74, 6) is 2.17. The molecule has 2 unspecified atom stereocenters. The molecule has 4 bridgehead atoms. The molecule has 1 aromatic carbocycles. The van der Waals surface area contributed by atoms with Gasteiger partial charge >= 0.3 is 0 Å². The Balaban J connectivity index is 1.44. The summed E-state index contributed by atoms with van der Waals surface area (Å²) in [6.07, 6.45) is 11.3. The van der Waals surface area contributed by atoms with Crippen molar-refractivity contribution in [3.63, 3.8) is 0 Å². The number of hydrogen-bond donors (Lipinski definition) is 0. The van der Waals surface area contributed by atoms with Crippen molar-refractivity contribution in [3.05, 3.63) is 35.9 Å². The lowest BCUT2D eigenvalue weighted by molar-refractivity contribution is -0.140. The topological polar surface area (TPSA) is 20.3 Å². The second-order valence-electron chi connectivity index (χ2n) is 9.37. The number of likely N-dealkylation sites (tertiary alicyclic amines) is 1. The Morgan fingerprint density at radius 2 is 1.67 bits per heavy atom. The van der Waals surface area contributed by atoms with E-state index >= 15 is 0 Å². The molecule has 0 N–H and O–H groups in total. The summed E-state index contributed by atoms with van der Waals surface area (Å²) in [5, 5.41) is 0. The molecule has 2 heteroatoms. The van der Waals surface area contributed by atoms with Crippen LogP contribution in [0.3, 0.4) is 0 Å². The highest BCUT2D eigenvalue weighted by Gasteiger charge is 2.58. The number of rotatable bonds is 3. The second kappa shape index (κ2) is 5.34. The summed E-state index contributed by atoms with van der Waals surface area (Å²) in [7, 11) is 0. The monoisotopic (exact) mass is 323 g/mol. The van der Waals surface area contributed by atoms with Gasteiger partial charge < -0.3 is 4.90 Å². The minimum Gasteiger partial charge on any atom is -0.343 e. The van der Waals surface area contributed by atoms with Gasteiger partial charge in [-0.2, -0.15) is 0 Å². The highest BCUT2D eigenvalue weighted by atomic mass is 16.2. The van der Waals surface area contributed by atoms with E-state index in [2.05, 4.69) is 35.2 Å². The first-order valence-corrected chi connectivity index (χ1v) is 10.00. The third-order valence-corrected chi connectivity index (χ3v) is 7.55. The Morgan fingerprint density at radius 3 is 2.33 bits per heavy atom. The zero-order valence-electron chi connectivity index (χ0n) is 14.7. The van der Waals surface area contributed by atoms with Crippen LogP contribution in [0.1, 0.15) is 63.4 Å². The van der Waals surface area contributed by atoms with E-state index in [1.165, 1.54) is 51.4 Å². The van der Waals surface area contributed by atoms with Crippen molar-refractivity contribution in [2.24, 2.45) is 17.3 Å². The molecule has 1 aliphatic heterocycles. The van der Waals surface area contributed by atoms with E-state index in [1.54, 1.807) is 5.56 Å². The van der Waals surface area contributed by atoms with Gasteiger partial charge in [0, 0.05) is 19.5 Å². The Morgan fingerprint density at radius 1 is 1.00 bits per heavy atom. The van der Waals surface area contributed by atoms with Crippen LogP contribution in [-0.4, -0.2) is 23.9 Å². The van der Waals surface area contributed by atoms with Crippen molar-refractivity contribution < 1.29 is 4.79 Å². The van der Waals surface area contributed by atoms with Crippen molar-refractivity contribution in [1.82, 2.24) is 4.90 Å². The fourth-order valence-corrected chi connectivity index (χ4v) is 7.19. The molecule has 4 saturated carbocycles. The van der Waals surface area contributed by atoms with Crippen LogP contribution in [0, 0.1) is 17.3 Å². The third-order valence-electron chi connectivity index (χ3n) is 7.55. The zero-order chi connectivity index (χ0) is 16.2. The van der Waals surface area contributed by atoms with E-state index < -0.39 is 0 Å². The standard InChI is InChI=1S/C22H29NO/c24-20(23-8-4-5-9-23)15-21-11-17-10-18(12-21)14-22(13-17,16-21)19-6-2-1-3-7-19/h1-3,6-7,17-18H,4-5,8-16H2/t17-,18+,21?,22?. The first-order chi connectivity index (χ1) is 11.7. The van der Waals surface area contributed by atoms with Gasteiger partial charge in [-0.15, -0.1) is 0 Å². The number of hydrogen-bond acceptors (Lipinski definition) is 1. The average Bonchev–Trinajstić information content (AvgIpc) is 3.09. The Bertz CT molecular complexity index is 617. The summed E-state index contributed by atoms with van der Waals surface area (Å²) >= 11 is 0. The lowest BCUT2D eigenvalue weighted by Gasteiger charge is -2.62. The quantitative estimate of drug-likeness (QED) is 0.800. The fourth-order valence-electron chi connectivity index (χ4n) is 7.19. The van der Waals surface area contributed by atoms with Crippen LogP contribution in [0.4, 0.5) is 0 Å². The molecule has 128 valence electrons. The van der Waals surface area contributed by atoms with E-state index in [0.29, 0.717) is 16.7 Å². The summed E-state index contributed by atoms with van der Waals surface area (Å²) in [5.41, 5.74) is 2.23. The van der Waals surface area contributed by atoms with Gasteiger partial charge in [0.15, 0.2) is 0 Å². The van der Waals surface area contributed by atoms with Gasteiger partial charge in [0.25, 0.3) is 0 Å². The number of nitrogens with zero attached hydrogens (tertiary/aromatic N) is 1. The number of benzene rings is 1. The largest absolute Gasteiger partial charge is 0.343 e. The van der Waals surface area contributed by atoms with Crippen LogP contribution in [0.5, 0.6) is 0 Å². The van der Waals surface area contributed by atoms with Crippen LogP contribution in [-0.2, 0) is 10.2 Å². The van der Waals surface area contributed by atoms with Gasteiger partial charge in [-0.05, 0) is 79.6 Å². The molecule has 0 spiro atoms. The molecule has 1 heterocycles. The van der Waals surface area contributed by atoms with Crippen molar-refractivity contribution in [2.75, 3.05) is 13.1 Å². The minimum absolute atomic E-state index is 0.305. The number of amides is 1. The summed E-state index contributed by atoms with van der Waals surface area (Å²) < 4.78 is 0. The Hall–Kier alpha value is -1.31. The maximum atomic E-state index is 12.9. The second-order valence-corrected chi connectivity index (χ2v) is 9.37. The first-order valence-electron chi connectivity index (χ1n) is 10.00. The molecule has 0 radical (unpaired) electrons. The van der Waals surface area contributed by atoms with Crippen LogP contribution < -0.4 is 0 Å². The van der Waals surface area contributed by atoms with Gasteiger partial charge in [-0.1, -0.05) is 30.3 Å². The van der Waals surface area contributed by atoms with Crippen molar-refractivity contribution in [1.29, 1.82) is 0 Å². The summed E-state index contributed by atoms with van der Waals surface area (Å²) in [6, 6.07) is 11.2. The van der Waals surface area contributed by atoms with E-state index in [0.717, 1.165) is 31.3 Å². The molecule has 1 saturated heterocycles.